The predicted molar refractivity (Wildman–Crippen MR) is 105 cm³/mol. The quantitative estimate of drug-likeness (QED) is 0.488. The Hall–Kier alpha value is -1.65. The minimum atomic E-state index is -2.97. The Balaban J connectivity index is 2.00. The summed E-state index contributed by atoms with van der Waals surface area (Å²) in [6.07, 6.45) is 8.93. The number of rotatable bonds is 11. The number of nitrogens with one attached hydrogen (secondary N) is 1. The van der Waals surface area contributed by atoms with Crippen molar-refractivity contribution in [3.63, 3.8) is 0 Å². The molecular weight excluding hydrogens is 348 g/mol. The maximum absolute atomic E-state index is 13.7. The number of hydrogen-bond acceptors (Lipinski definition) is 2. The highest BCUT2D eigenvalue weighted by Crippen LogP contribution is 2.37. The van der Waals surface area contributed by atoms with E-state index in [9.17, 15) is 13.6 Å². The fourth-order valence-corrected chi connectivity index (χ4v) is 3.62. The van der Waals surface area contributed by atoms with Gasteiger partial charge in [0.05, 0.1) is 12.7 Å². The van der Waals surface area contributed by atoms with Crippen LogP contribution in [0, 0.1) is 5.92 Å². The largest absolute Gasteiger partial charge is 0.496 e. The van der Waals surface area contributed by atoms with Crippen LogP contribution >= 0.6 is 0 Å². The van der Waals surface area contributed by atoms with Crippen LogP contribution in [0.5, 0.6) is 5.75 Å². The van der Waals surface area contributed by atoms with Gasteiger partial charge in [0.1, 0.15) is 5.75 Å². The van der Waals surface area contributed by atoms with E-state index in [0.29, 0.717) is 23.5 Å². The molecule has 0 saturated heterocycles. The lowest BCUT2D eigenvalue weighted by Crippen LogP contribution is -2.28. The summed E-state index contributed by atoms with van der Waals surface area (Å²) in [6, 6.07) is 2.91. The van der Waals surface area contributed by atoms with E-state index in [4.69, 9.17) is 4.74 Å². The number of amides is 1. The first-order valence-electron chi connectivity index (χ1n) is 10.2. The molecule has 0 aromatic heterocycles. The number of aryl methyl sites for hydroxylation is 1. The Morgan fingerprint density at radius 1 is 1.22 bits per heavy atom. The molecule has 1 saturated carbocycles. The average molecular weight is 382 g/mol. The van der Waals surface area contributed by atoms with Crippen molar-refractivity contribution in [3.05, 3.63) is 28.8 Å². The Morgan fingerprint density at radius 2 is 1.93 bits per heavy atom. The molecule has 0 heterocycles. The topological polar surface area (TPSA) is 38.3 Å². The number of benzene rings is 1. The van der Waals surface area contributed by atoms with Crippen molar-refractivity contribution in [1.29, 1.82) is 0 Å². The van der Waals surface area contributed by atoms with Gasteiger partial charge in [0.2, 0.25) is 0 Å². The summed E-state index contributed by atoms with van der Waals surface area (Å²) in [4.78, 5) is 12.8. The number of methoxy groups -OCH3 is 1. The summed E-state index contributed by atoms with van der Waals surface area (Å²) < 4.78 is 32.7. The molecule has 0 aliphatic heterocycles. The molecule has 0 bridgehead atoms. The second-order valence-electron chi connectivity index (χ2n) is 7.73. The molecular formula is C22H33F2NO2. The minimum Gasteiger partial charge on any atom is -0.496 e. The van der Waals surface area contributed by atoms with E-state index in [-0.39, 0.29) is 23.3 Å². The first-order valence-corrected chi connectivity index (χ1v) is 10.2. The van der Waals surface area contributed by atoms with Crippen LogP contribution in [-0.2, 0) is 12.3 Å². The van der Waals surface area contributed by atoms with Gasteiger partial charge in [-0.2, -0.15) is 0 Å². The third kappa shape index (κ3) is 5.91. The molecule has 0 radical (unpaired) electrons. The molecule has 5 heteroatoms. The van der Waals surface area contributed by atoms with E-state index in [1.165, 1.54) is 51.3 Å². The van der Waals surface area contributed by atoms with Crippen LogP contribution in [0.1, 0.15) is 87.2 Å². The van der Waals surface area contributed by atoms with Crippen LogP contribution < -0.4 is 10.1 Å². The van der Waals surface area contributed by atoms with Crippen molar-refractivity contribution < 1.29 is 18.3 Å². The molecule has 2 rings (SSSR count). The van der Waals surface area contributed by atoms with Crippen LogP contribution in [-0.4, -0.2) is 19.1 Å². The molecule has 1 aromatic carbocycles. The molecule has 1 aliphatic rings. The van der Waals surface area contributed by atoms with Crippen molar-refractivity contribution in [1.82, 2.24) is 5.32 Å². The van der Waals surface area contributed by atoms with Crippen molar-refractivity contribution >= 4 is 5.91 Å². The second-order valence-corrected chi connectivity index (χ2v) is 7.73. The molecule has 2 atom stereocenters. The summed E-state index contributed by atoms with van der Waals surface area (Å²) in [5.74, 6) is -2.41. The zero-order chi connectivity index (χ0) is 20.0. The van der Waals surface area contributed by atoms with Crippen molar-refractivity contribution in [2.45, 2.75) is 84.1 Å². The molecule has 3 nitrogen and oxygen atoms in total. The summed E-state index contributed by atoms with van der Waals surface area (Å²) in [5, 5.41) is 3.07. The van der Waals surface area contributed by atoms with Crippen molar-refractivity contribution in [2.75, 3.05) is 7.11 Å². The molecule has 0 spiro atoms. The first kappa shape index (κ1) is 21.6. The fourth-order valence-electron chi connectivity index (χ4n) is 3.62. The van der Waals surface area contributed by atoms with Gasteiger partial charge in [0.15, 0.2) is 0 Å². The van der Waals surface area contributed by atoms with E-state index in [1.54, 1.807) is 0 Å². The number of carbonyl (C=O) groups excluding carboxylic acids is 1. The molecule has 0 unspecified atom stereocenters. The Labute approximate surface area is 161 Å². The normalized spacial score (nSPS) is 19.0. The van der Waals surface area contributed by atoms with Gasteiger partial charge in [-0.1, -0.05) is 46.0 Å². The van der Waals surface area contributed by atoms with Crippen LogP contribution in [0.2, 0.25) is 0 Å². The van der Waals surface area contributed by atoms with Crippen LogP contribution in [0.4, 0.5) is 8.78 Å². The molecule has 152 valence electrons. The number of ether oxygens (including phenoxy) is 1. The summed E-state index contributed by atoms with van der Waals surface area (Å²) in [6.45, 7) is 4.93. The lowest BCUT2D eigenvalue weighted by Gasteiger charge is -2.18. The standard InChI is InChI=1S/C22H33F2NO2/c1-5-7-8-9-10-11-16-13-18(16)25-21(26)20-15(6-2)12-17(22(3,23)24)14-19(20)27-4/h12,14,16,18H,5-11,13H2,1-4H3,(H,25,26)/t16-,18+/m1/s1. The monoisotopic (exact) mass is 381 g/mol. The van der Waals surface area contributed by atoms with E-state index in [2.05, 4.69) is 12.2 Å². The second kappa shape index (κ2) is 9.52. The average Bonchev–Trinajstić information content (AvgIpc) is 3.36. The molecule has 27 heavy (non-hydrogen) atoms. The van der Waals surface area contributed by atoms with Gasteiger partial charge in [-0.05, 0) is 42.9 Å². The van der Waals surface area contributed by atoms with E-state index < -0.39 is 5.92 Å². The highest BCUT2D eigenvalue weighted by atomic mass is 19.3. The predicted octanol–water partition coefficient (Wildman–Crippen LogP) is 5.85. The maximum Gasteiger partial charge on any atom is 0.270 e. The molecule has 1 amide bonds. The van der Waals surface area contributed by atoms with Crippen LogP contribution in [0.3, 0.4) is 0 Å². The number of hydrogen-bond donors (Lipinski definition) is 1. The van der Waals surface area contributed by atoms with Gasteiger partial charge >= 0.3 is 0 Å². The first-order chi connectivity index (χ1) is 12.8. The van der Waals surface area contributed by atoms with E-state index in [1.807, 2.05) is 6.92 Å². The van der Waals surface area contributed by atoms with Gasteiger partial charge in [0.25, 0.3) is 11.8 Å². The number of alkyl halides is 2. The summed E-state index contributed by atoms with van der Waals surface area (Å²) >= 11 is 0. The van der Waals surface area contributed by atoms with Gasteiger partial charge in [-0.25, -0.2) is 8.78 Å². The number of unbranched alkanes of at least 4 members (excludes halogenated alkanes) is 4. The molecule has 1 aromatic rings. The van der Waals surface area contributed by atoms with E-state index in [0.717, 1.165) is 19.8 Å². The lowest BCUT2D eigenvalue weighted by molar-refractivity contribution is 0.0171. The highest BCUT2D eigenvalue weighted by molar-refractivity contribution is 5.99. The third-order valence-electron chi connectivity index (χ3n) is 5.44. The fraction of sp³-hybridized carbons (Fsp3) is 0.682. The number of carbonyl (C=O) groups is 1. The smallest absolute Gasteiger partial charge is 0.270 e. The summed E-state index contributed by atoms with van der Waals surface area (Å²) in [7, 11) is 1.42. The zero-order valence-corrected chi connectivity index (χ0v) is 17.0. The molecule has 1 fully saturated rings. The third-order valence-corrected chi connectivity index (χ3v) is 5.44. The molecule has 1 N–H and O–H groups in total. The van der Waals surface area contributed by atoms with Crippen LogP contribution in [0.25, 0.3) is 0 Å². The van der Waals surface area contributed by atoms with Gasteiger partial charge in [0, 0.05) is 18.5 Å². The van der Waals surface area contributed by atoms with Crippen LogP contribution in [0.15, 0.2) is 12.1 Å². The highest BCUT2D eigenvalue weighted by Gasteiger charge is 2.38. The Bertz CT molecular complexity index is 615. The van der Waals surface area contributed by atoms with Gasteiger partial charge in [-0.3, -0.25) is 4.79 Å². The summed E-state index contributed by atoms with van der Waals surface area (Å²) in [5.41, 5.74) is 0.867. The van der Waals surface area contributed by atoms with E-state index >= 15 is 0 Å². The molecule has 1 aliphatic carbocycles. The Kier molecular flexibility index (Phi) is 7.63. The van der Waals surface area contributed by atoms with Crippen molar-refractivity contribution in [2.24, 2.45) is 5.92 Å². The van der Waals surface area contributed by atoms with Crippen molar-refractivity contribution in [3.8, 4) is 5.75 Å². The number of halogens is 2. The maximum atomic E-state index is 13.7. The SMILES string of the molecule is CCCCCCC[C@@H]1C[C@@H]1NC(=O)c1c(CC)cc(C(C)(F)F)cc1OC. The minimum absolute atomic E-state index is 0.121. The zero-order valence-electron chi connectivity index (χ0n) is 17.0. The lowest BCUT2D eigenvalue weighted by atomic mass is 9.97. The van der Waals surface area contributed by atoms with Gasteiger partial charge < -0.3 is 10.1 Å². The van der Waals surface area contributed by atoms with Gasteiger partial charge in [-0.15, -0.1) is 0 Å². The Morgan fingerprint density at radius 3 is 2.52 bits per heavy atom.